The number of likely N-dealkylation sites (tertiary alicyclic amines) is 1. The van der Waals surface area contributed by atoms with E-state index in [0.717, 1.165) is 0 Å². The third kappa shape index (κ3) is 4.31. The molecule has 0 unspecified atom stereocenters. The predicted molar refractivity (Wildman–Crippen MR) is 114 cm³/mol. The minimum atomic E-state index is -0.605. The number of piperidine rings is 1. The fraction of sp³-hybridized carbons (Fsp3) is 0.333. The molecule has 1 amide bonds. The lowest BCUT2D eigenvalue weighted by Gasteiger charge is -2.31. The van der Waals surface area contributed by atoms with Crippen molar-refractivity contribution in [1.29, 1.82) is 0 Å². The standard InChI is InChI=1S/C21H18Cl2N2O6/c22-15-2-1-13(9-16(15)23)20(26)12-3-5-24(6-4-12)21(27)14-10-18-19(31-8-7-30-18)11-17(14)25(28)29/h1-2,9-12H,3-8H2. The molecule has 2 aromatic rings. The highest BCUT2D eigenvalue weighted by atomic mass is 35.5. The van der Waals surface area contributed by atoms with Gasteiger partial charge in [-0.2, -0.15) is 0 Å². The van der Waals surface area contributed by atoms with E-state index in [0.29, 0.717) is 53.9 Å². The first-order valence-electron chi connectivity index (χ1n) is 9.71. The number of hydrogen-bond acceptors (Lipinski definition) is 6. The zero-order valence-corrected chi connectivity index (χ0v) is 17.8. The third-order valence-electron chi connectivity index (χ3n) is 5.44. The number of carbonyl (C=O) groups is 2. The number of carbonyl (C=O) groups excluding carboxylic acids is 2. The van der Waals surface area contributed by atoms with Gasteiger partial charge < -0.3 is 14.4 Å². The van der Waals surface area contributed by atoms with Gasteiger partial charge in [-0.1, -0.05) is 23.2 Å². The Balaban J connectivity index is 1.49. The average molecular weight is 465 g/mol. The van der Waals surface area contributed by atoms with E-state index >= 15 is 0 Å². The molecule has 4 rings (SSSR count). The highest BCUT2D eigenvalue weighted by Gasteiger charge is 2.33. The molecule has 162 valence electrons. The molecule has 0 radical (unpaired) electrons. The van der Waals surface area contributed by atoms with Gasteiger partial charge in [-0.05, 0) is 31.0 Å². The topological polar surface area (TPSA) is 99.0 Å². The van der Waals surface area contributed by atoms with Crippen molar-refractivity contribution in [3.8, 4) is 11.5 Å². The van der Waals surface area contributed by atoms with Crippen molar-refractivity contribution in [3.63, 3.8) is 0 Å². The Morgan fingerprint density at radius 1 is 1.00 bits per heavy atom. The summed E-state index contributed by atoms with van der Waals surface area (Å²) in [6, 6.07) is 7.34. The van der Waals surface area contributed by atoms with Crippen LogP contribution in [0.15, 0.2) is 30.3 Å². The zero-order chi connectivity index (χ0) is 22.1. The van der Waals surface area contributed by atoms with Gasteiger partial charge in [-0.25, -0.2) is 0 Å². The Morgan fingerprint density at radius 2 is 1.65 bits per heavy atom. The molecule has 0 aromatic heterocycles. The third-order valence-corrected chi connectivity index (χ3v) is 6.18. The number of nitrogens with zero attached hydrogens (tertiary/aromatic N) is 2. The van der Waals surface area contributed by atoms with Gasteiger partial charge in [0.15, 0.2) is 17.3 Å². The molecule has 2 aliphatic rings. The largest absolute Gasteiger partial charge is 0.486 e. The molecular formula is C21H18Cl2N2O6. The maximum atomic E-state index is 13.0. The first kappa shape index (κ1) is 21.4. The fourth-order valence-electron chi connectivity index (χ4n) is 3.80. The number of nitro benzene ring substituents is 1. The van der Waals surface area contributed by atoms with E-state index < -0.39 is 10.8 Å². The summed E-state index contributed by atoms with van der Waals surface area (Å²) in [7, 11) is 0. The van der Waals surface area contributed by atoms with Gasteiger partial charge in [0.2, 0.25) is 0 Å². The Kier molecular flexibility index (Phi) is 6.02. The van der Waals surface area contributed by atoms with Gasteiger partial charge in [0.05, 0.1) is 21.0 Å². The molecule has 0 saturated carbocycles. The predicted octanol–water partition coefficient (Wildman–Crippen LogP) is 4.41. The van der Waals surface area contributed by atoms with E-state index in [1.807, 2.05) is 0 Å². The van der Waals surface area contributed by atoms with E-state index in [1.54, 1.807) is 18.2 Å². The number of benzene rings is 2. The van der Waals surface area contributed by atoms with Crippen LogP contribution in [0.25, 0.3) is 0 Å². The van der Waals surface area contributed by atoms with Crippen LogP contribution in [0.4, 0.5) is 5.69 Å². The molecule has 1 fully saturated rings. The molecular weight excluding hydrogens is 447 g/mol. The van der Waals surface area contributed by atoms with Gasteiger partial charge in [0, 0.05) is 30.6 Å². The van der Waals surface area contributed by atoms with Crippen LogP contribution in [0.2, 0.25) is 10.0 Å². The molecule has 0 bridgehead atoms. The first-order chi connectivity index (χ1) is 14.8. The summed E-state index contributed by atoms with van der Waals surface area (Å²) >= 11 is 11.9. The minimum Gasteiger partial charge on any atom is -0.486 e. The smallest absolute Gasteiger partial charge is 0.286 e. The normalized spacial score (nSPS) is 16.1. The molecule has 0 N–H and O–H groups in total. The van der Waals surface area contributed by atoms with E-state index in [1.165, 1.54) is 17.0 Å². The number of Topliss-reactive ketones (excluding diaryl/α,β-unsaturated/α-hetero) is 1. The van der Waals surface area contributed by atoms with Crippen molar-refractivity contribution in [2.24, 2.45) is 5.92 Å². The molecule has 0 atom stereocenters. The van der Waals surface area contributed by atoms with Crippen LogP contribution in [0.5, 0.6) is 11.5 Å². The molecule has 0 spiro atoms. The van der Waals surface area contributed by atoms with Crippen molar-refractivity contribution in [2.45, 2.75) is 12.8 Å². The van der Waals surface area contributed by atoms with Crippen molar-refractivity contribution in [2.75, 3.05) is 26.3 Å². The number of rotatable bonds is 4. The highest BCUT2D eigenvalue weighted by molar-refractivity contribution is 6.42. The Morgan fingerprint density at radius 3 is 2.26 bits per heavy atom. The number of ether oxygens (including phenoxy) is 2. The molecule has 31 heavy (non-hydrogen) atoms. The maximum absolute atomic E-state index is 13.0. The summed E-state index contributed by atoms with van der Waals surface area (Å²) in [6.07, 6.45) is 0.895. The summed E-state index contributed by atoms with van der Waals surface area (Å²) in [5, 5.41) is 12.2. The maximum Gasteiger partial charge on any atom is 0.286 e. The quantitative estimate of drug-likeness (QED) is 0.377. The number of amides is 1. The lowest BCUT2D eigenvalue weighted by Crippen LogP contribution is -2.40. The summed E-state index contributed by atoms with van der Waals surface area (Å²) in [5.41, 5.74) is 0.0911. The summed E-state index contributed by atoms with van der Waals surface area (Å²) in [6.45, 7) is 1.21. The second-order valence-electron chi connectivity index (χ2n) is 7.33. The second kappa shape index (κ2) is 8.72. The minimum absolute atomic E-state index is 0.0523. The van der Waals surface area contributed by atoms with Crippen LogP contribution in [0, 0.1) is 16.0 Å². The lowest BCUT2D eigenvalue weighted by molar-refractivity contribution is -0.385. The monoisotopic (exact) mass is 464 g/mol. The number of fused-ring (bicyclic) bond motifs is 1. The van der Waals surface area contributed by atoms with Crippen LogP contribution < -0.4 is 9.47 Å². The SMILES string of the molecule is O=C(c1ccc(Cl)c(Cl)c1)C1CCN(C(=O)c2cc3c(cc2[N+](=O)[O-])OCCO3)CC1. The van der Waals surface area contributed by atoms with Crippen LogP contribution >= 0.6 is 23.2 Å². The van der Waals surface area contributed by atoms with Crippen LogP contribution in [-0.2, 0) is 0 Å². The van der Waals surface area contributed by atoms with Crippen LogP contribution in [0.1, 0.15) is 33.6 Å². The summed E-state index contributed by atoms with van der Waals surface area (Å²) in [5.74, 6) is -0.234. The molecule has 10 heteroatoms. The van der Waals surface area contributed by atoms with E-state index in [-0.39, 0.29) is 35.3 Å². The molecule has 2 aliphatic heterocycles. The summed E-state index contributed by atoms with van der Waals surface area (Å²) < 4.78 is 10.9. The van der Waals surface area contributed by atoms with Crippen LogP contribution in [0.3, 0.4) is 0 Å². The fourth-order valence-corrected chi connectivity index (χ4v) is 4.10. The van der Waals surface area contributed by atoms with Gasteiger partial charge in [0.1, 0.15) is 18.8 Å². The Bertz CT molecular complexity index is 1070. The van der Waals surface area contributed by atoms with Crippen molar-refractivity contribution >= 4 is 40.6 Å². The Labute approximate surface area is 187 Å². The van der Waals surface area contributed by atoms with Gasteiger partial charge in [0.25, 0.3) is 11.6 Å². The number of hydrogen-bond donors (Lipinski definition) is 0. The molecule has 1 saturated heterocycles. The number of ketones is 1. The van der Waals surface area contributed by atoms with Gasteiger partial charge in [-0.3, -0.25) is 19.7 Å². The number of nitro groups is 1. The van der Waals surface area contributed by atoms with Crippen molar-refractivity contribution in [1.82, 2.24) is 4.90 Å². The molecule has 2 heterocycles. The highest BCUT2D eigenvalue weighted by Crippen LogP contribution is 2.37. The molecule has 0 aliphatic carbocycles. The lowest BCUT2D eigenvalue weighted by atomic mass is 9.88. The van der Waals surface area contributed by atoms with E-state index in [2.05, 4.69) is 0 Å². The van der Waals surface area contributed by atoms with E-state index in [9.17, 15) is 19.7 Å². The number of halogens is 2. The molecule has 8 nitrogen and oxygen atoms in total. The van der Waals surface area contributed by atoms with E-state index in [4.69, 9.17) is 32.7 Å². The first-order valence-corrected chi connectivity index (χ1v) is 10.5. The molecule has 2 aromatic carbocycles. The average Bonchev–Trinajstić information content (AvgIpc) is 2.79. The van der Waals surface area contributed by atoms with Crippen molar-refractivity contribution in [3.05, 3.63) is 61.6 Å². The summed E-state index contributed by atoms with van der Waals surface area (Å²) in [4.78, 5) is 38.3. The zero-order valence-electron chi connectivity index (χ0n) is 16.3. The van der Waals surface area contributed by atoms with Crippen molar-refractivity contribution < 1.29 is 24.0 Å². The Hall–Kier alpha value is -2.84. The second-order valence-corrected chi connectivity index (χ2v) is 8.14. The van der Waals surface area contributed by atoms with Gasteiger partial charge >= 0.3 is 0 Å². The van der Waals surface area contributed by atoms with Crippen LogP contribution in [-0.4, -0.2) is 47.8 Å². The van der Waals surface area contributed by atoms with Gasteiger partial charge in [-0.15, -0.1) is 0 Å².